The third-order valence-corrected chi connectivity index (χ3v) is 3.35. The molecule has 0 bridgehead atoms. The monoisotopic (exact) mass is 299 g/mol. The molecule has 0 aromatic heterocycles. The van der Waals surface area contributed by atoms with Crippen molar-refractivity contribution in [3.63, 3.8) is 0 Å². The maximum atomic E-state index is 13.5. The highest BCUT2D eigenvalue weighted by Crippen LogP contribution is 2.27. The van der Waals surface area contributed by atoms with E-state index in [0.717, 1.165) is 12.5 Å². The Morgan fingerprint density at radius 3 is 2.88 bits per heavy atom. The van der Waals surface area contributed by atoms with Crippen LogP contribution in [0.2, 0.25) is 0 Å². The van der Waals surface area contributed by atoms with E-state index in [9.17, 15) is 9.18 Å². The highest BCUT2D eigenvalue weighted by atomic mass is 79.9. The van der Waals surface area contributed by atoms with E-state index in [-0.39, 0.29) is 18.0 Å². The van der Waals surface area contributed by atoms with E-state index >= 15 is 0 Å². The molecule has 0 amide bonds. The van der Waals surface area contributed by atoms with Gasteiger partial charge in [-0.05, 0) is 43.0 Å². The third-order valence-electron chi connectivity index (χ3n) is 2.85. The van der Waals surface area contributed by atoms with Crippen LogP contribution in [0.4, 0.5) is 4.39 Å². The first kappa shape index (κ1) is 12.7. The summed E-state index contributed by atoms with van der Waals surface area (Å²) < 4.78 is 14.2. The molecule has 2 nitrogen and oxygen atoms in total. The minimum absolute atomic E-state index is 0.0341. The number of Topliss-reactive ketones (excluding diaryl/α,β-unsaturated/α-hetero) is 1. The molecule has 92 valence electrons. The van der Waals surface area contributed by atoms with Gasteiger partial charge in [-0.3, -0.25) is 4.79 Å². The van der Waals surface area contributed by atoms with Crippen molar-refractivity contribution in [2.75, 3.05) is 13.1 Å². The van der Waals surface area contributed by atoms with Crippen LogP contribution in [0.3, 0.4) is 0 Å². The van der Waals surface area contributed by atoms with Crippen molar-refractivity contribution in [2.24, 2.45) is 5.92 Å². The smallest absolute Gasteiger partial charge is 0.151 e. The maximum absolute atomic E-state index is 13.5. The summed E-state index contributed by atoms with van der Waals surface area (Å²) in [5.41, 5.74) is 0.464. The Labute approximate surface area is 109 Å². The van der Waals surface area contributed by atoms with Gasteiger partial charge in [-0.25, -0.2) is 4.39 Å². The molecular weight excluding hydrogens is 285 g/mol. The second-order valence-electron chi connectivity index (χ2n) is 4.53. The van der Waals surface area contributed by atoms with E-state index in [1.165, 1.54) is 18.9 Å². The predicted octanol–water partition coefficient (Wildman–Crippen LogP) is 2.70. The first-order valence-electron chi connectivity index (χ1n) is 5.81. The highest BCUT2D eigenvalue weighted by Gasteiger charge is 2.20. The van der Waals surface area contributed by atoms with Crippen molar-refractivity contribution in [1.82, 2.24) is 5.32 Å². The van der Waals surface area contributed by atoms with Crippen LogP contribution in [0.5, 0.6) is 0 Å². The van der Waals surface area contributed by atoms with E-state index in [1.54, 1.807) is 12.1 Å². The third kappa shape index (κ3) is 4.21. The maximum Gasteiger partial charge on any atom is 0.151 e. The van der Waals surface area contributed by atoms with Gasteiger partial charge in [0.15, 0.2) is 5.78 Å². The number of hydrogen-bond donors (Lipinski definition) is 1. The number of benzene rings is 1. The highest BCUT2D eigenvalue weighted by molar-refractivity contribution is 9.10. The van der Waals surface area contributed by atoms with Crippen LogP contribution in [0.15, 0.2) is 22.7 Å². The zero-order valence-electron chi connectivity index (χ0n) is 9.51. The van der Waals surface area contributed by atoms with Crippen molar-refractivity contribution in [3.8, 4) is 0 Å². The van der Waals surface area contributed by atoms with Crippen molar-refractivity contribution in [3.05, 3.63) is 34.1 Å². The molecule has 1 aliphatic rings. The van der Waals surface area contributed by atoms with Crippen LogP contribution in [0.25, 0.3) is 0 Å². The number of carbonyl (C=O) groups excluding carboxylic acids is 1. The molecule has 1 N–H and O–H groups in total. The molecule has 0 aliphatic heterocycles. The van der Waals surface area contributed by atoms with Crippen LogP contribution in [0, 0.1) is 11.7 Å². The lowest BCUT2D eigenvalue weighted by Crippen LogP contribution is -2.26. The fourth-order valence-electron chi connectivity index (χ4n) is 1.68. The molecule has 0 atom stereocenters. The van der Waals surface area contributed by atoms with Crippen molar-refractivity contribution >= 4 is 21.7 Å². The summed E-state index contributed by atoms with van der Waals surface area (Å²) in [7, 11) is 0. The Bertz CT molecular complexity index is 418. The summed E-state index contributed by atoms with van der Waals surface area (Å²) in [5, 5.41) is 3.12. The van der Waals surface area contributed by atoms with Gasteiger partial charge < -0.3 is 5.32 Å². The van der Waals surface area contributed by atoms with Crippen LogP contribution < -0.4 is 5.32 Å². The average Bonchev–Trinajstić information content (AvgIpc) is 3.06. The fraction of sp³-hybridized carbons (Fsp3) is 0.462. The van der Waals surface area contributed by atoms with Gasteiger partial charge in [0.05, 0.1) is 6.54 Å². The molecule has 4 heteroatoms. The molecule has 1 aromatic carbocycles. The molecule has 1 aliphatic carbocycles. The SMILES string of the molecule is O=C(CNCC1CC1)Cc1ccc(Br)cc1F. The number of nitrogens with one attached hydrogen (secondary N) is 1. The molecular formula is C13H15BrFNO. The summed E-state index contributed by atoms with van der Waals surface area (Å²) in [4.78, 5) is 11.6. The Balaban J connectivity index is 1.79. The standard InChI is InChI=1S/C13H15BrFNO/c14-11-4-3-10(13(15)6-11)5-12(17)8-16-7-9-1-2-9/h3-4,6,9,16H,1-2,5,7-8H2. The zero-order valence-corrected chi connectivity index (χ0v) is 11.1. The van der Waals surface area contributed by atoms with Gasteiger partial charge in [0, 0.05) is 10.9 Å². The predicted molar refractivity (Wildman–Crippen MR) is 68.4 cm³/mol. The van der Waals surface area contributed by atoms with E-state index in [2.05, 4.69) is 21.2 Å². The van der Waals surface area contributed by atoms with Gasteiger partial charge in [0.1, 0.15) is 5.82 Å². The molecule has 1 saturated carbocycles. The Hall–Kier alpha value is -0.740. The van der Waals surface area contributed by atoms with E-state index in [0.29, 0.717) is 16.6 Å². The summed E-state index contributed by atoms with van der Waals surface area (Å²) in [6, 6.07) is 4.79. The first-order chi connectivity index (χ1) is 8.15. The van der Waals surface area contributed by atoms with Gasteiger partial charge in [0.2, 0.25) is 0 Å². The van der Waals surface area contributed by atoms with Gasteiger partial charge in [0.25, 0.3) is 0 Å². The zero-order chi connectivity index (χ0) is 12.3. The Morgan fingerprint density at radius 1 is 1.47 bits per heavy atom. The van der Waals surface area contributed by atoms with E-state index < -0.39 is 0 Å². The van der Waals surface area contributed by atoms with Gasteiger partial charge in [-0.1, -0.05) is 22.0 Å². The molecule has 0 saturated heterocycles. The topological polar surface area (TPSA) is 29.1 Å². The summed E-state index contributed by atoms with van der Waals surface area (Å²) >= 11 is 3.19. The number of carbonyl (C=O) groups is 1. The number of hydrogen-bond acceptors (Lipinski definition) is 2. The lowest BCUT2D eigenvalue weighted by molar-refractivity contribution is -0.117. The molecule has 0 unspecified atom stereocenters. The summed E-state index contributed by atoms with van der Waals surface area (Å²) in [5.74, 6) is 0.467. The van der Waals surface area contributed by atoms with Crippen LogP contribution >= 0.6 is 15.9 Å². The summed E-state index contributed by atoms with van der Waals surface area (Å²) in [6.07, 6.45) is 2.70. The first-order valence-corrected chi connectivity index (χ1v) is 6.61. The van der Waals surface area contributed by atoms with Gasteiger partial charge in [-0.15, -0.1) is 0 Å². The number of rotatable bonds is 6. The normalized spacial score (nSPS) is 14.9. The minimum Gasteiger partial charge on any atom is -0.310 e. The Morgan fingerprint density at radius 2 is 2.24 bits per heavy atom. The van der Waals surface area contributed by atoms with Crippen LogP contribution in [-0.2, 0) is 11.2 Å². The molecule has 0 radical (unpaired) electrons. The van der Waals surface area contributed by atoms with E-state index in [4.69, 9.17) is 0 Å². The van der Waals surface area contributed by atoms with Gasteiger partial charge in [-0.2, -0.15) is 0 Å². The van der Waals surface area contributed by atoms with Crippen LogP contribution in [-0.4, -0.2) is 18.9 Å². The molecule has 17 heavy (non-hydrogen) atoms. The van der Waals surface area contributed by atoms with Crippen LogP contribution in [0.1, 0.15) is 18.4 Å². The second-order valence-corrected chi connectivity index (χ2v) is 5.44. The molecule has 0 spiro atoms. The molecule has 1 aromatic rings. The number of halogens is 2. The minimum atomic E-state index is -0.324. The van der Waals surface area contributed by atoms with E-state index in [1.807, 2.05) is 0 Å². The van der Waals surface area contributed by atoms with Crippen molar-refractivity contribution in [2.45, 2.75) is 19.3 Å². The largest absolute Gasteiger partial charge is 0.310 e. The van der Waals surface area contributed by atoms with Crippen molar-refractivity contribution < 1.29 is 9.18 Å². The number of ketones is 1. The second kappa shape index (κ2) is 5.74. The summed E-state index contributed by atoms with van der Waals surface area (Å²) in [6.45, 7) is 1.25. The average molecular weight is 300 g/mol. The molecule has 2 rings (SSSR count). The quantitative estimate of drug-likeness (QED) is 0.875. The fourth-order valence-corrected chi connectivity index (χ4v) is 2.01. The lowest BCUT2D eigenvalue weighted by atomic mass is 10.1. The van der Waals surface area contributed by atoms with Crippen molar-refractivity contribution in [1.29, 1.82) is 0 Å². The molecule has 0 heterocycles. The van der Waals surface area contributed by atoms with Gasteiger partial charge >= 0.3 is 0 Å². The lowest BCUT2D eigenvalue weighted by Gasteiger charge is -2.04. The molecule has 1 fully saturated rings. The Kier molecular flexibility index (Phi) is 4.29.